The Hall–Kier alpha value is -1.51. The van der Waals surface area contributed by atoms with Crippen LogP contribution in [0.25, 0.3) is 0 Å². The second-order valence-corrected chi connectivity index (χ2v) is 8.30. The summed E-state index contributed by atoms with van der Waals surface area (Å²) in [6.45, 7) is 3.54. The van der Waals surface area contributed by atoms with Crippen LogP contribution in [0.4, 0.5) is 5.69 Å². The lowest BCUT2D eigenvalue weighted by molar-refractivity contribution is 0.236. The van der Waals surface area contributed by atoms with E-state index in [1.165, 1.54) is 55.3 Å². The third-order valence-corrected chi connectivity index (χ3v) is 5.98. The van der Waals surface area contributed by atoms with Gasteiger partial charge in [-0.15, -0.1) is 12.4 Å². The van der Waals surface area contributed by atoms with Crippen LogP contribution in [0, 0.1) is 0 Å². The number of aryl methyl sites for hydroxylation is 1. The van der Waals surface area contributed by atoms with E-state index in [0.717, 1.165) is 6.54 Å². The molecule has 1 saturated carbocycles. The first-order chi connectivity index (χ1) is 12.6. The number of halogens is 1. The first-order valence-corrected chi connectivity index (χ1v) is 10.1. The molecule has 2 aromatic carbocycles. The van der Waals surface area contributed by atoms with Gasteiger partial charge in [0.25, 0.3) is 0 Å². The Morgan fingerprint density at radius 1 is 0.963 bits per heavy atom. The predicted octanol–water partition coefficient (Wildman–Crippen LogP) is 5.81. The monoisotopic (exact) mass is 386 g/mol. The van der Waals surface area contributed by atoms with E-state index in [1.807, 2.05) is 0 Å². The Labute approximate surface area is 171 Å². The topological polar surface area (TPSA) is 15.3 Å². The van der Waals surface area contributed by atoms with E-state index in [-0.39, 0.29) is 12.4 Å². The second-order valence-electron chi connectivity index (χ2n) is 8.30. The standard InChI is InChI=1S/C24H34N2.ClH/c1-24(25-19-9-12-20-10-5-4-6-11-20)17-15-21(16-18-24)22-13-7-8-14-23(22)26(2)3;/h4-8,10-11,13-14,21,25H,9,12,15-19H2,1-3H3;1H. The van der Waals surface area contributed by atoms with Crippen molar-refractivity contribution in [3.8, 4) is 0 Å². The van der Waals surface area contributed by atoms with Crippen molar-refractivity contribution in [2.24, 2.45) is 0 Å². The van der Waals surface area contributed by atoms with Crippen molar-refractivity contribution in [2.75, 3.05) is 25.5 Å². The highest BCUT2D eigenvalue weighted by Gasteiger charge is 2.31. The first-order valence-electron chi connectivity index (χ1n) is 10.1. The first kappa shape index (κ1) is 21.8. The van der Waals surface area contributed by atoms with Gasteiger partial charge < -0.3 is 10.2 Å². The lowest BCUT2D eigenvalue weighted by Crippen LogP contribution is -2.45. The molecule has 3 heteroatoms. The van der Waals surface area contributed by atoms with Crippen LogP contribution in [-0.4, -0.2) is 26.2 Å². The van der Waals surface area contributed by atoms with Gasteiger partial charge in [-0.25, -0.2) is 0 Å². The summed E-state index contributed by atoms with van der Waals surface area (Å²) >= 11 is 0. The molecule has 148 valence electrons. The maximum absolute atomic E-state index is 3.87. The Morgan fingerprint density at radius 3 is 2.26 bits per heavy atom. The molecule has 0 saturated heterocycles. The van der Waals surface area contributed by atoms with Gasteiger partial charge in [0.15, 0.2) is 0 Å². The van der Waals surface area contributed by atoms with Crippen molar-refractivity contribution in [1.29, 1.82) is 0 Å². The third-order valence-electron chi connectivity index (χ3n) is 5.98. The van der Waals surface area contributed by atoms with Crippen LogP contribution in [0.5, 0.6) is 0 Å². The smallest absolute Gasteiger partial charge is 0.0396 e. The van der Waals surface area contributed by atoms with Gasteiger partial charge in [0.1, 0.15) is 0 Å². The zero-order chi connectivity index (χ0) is 18.4. The number of nitrogens with zero attached hydrogens (tertiary/aromatic N) is 1. The largest absolute Gasteiger partial charge is 0.377 e. The molecule has 0 heterocycles. The Morgan fingerprint density at radius 2 is 1.59 bits per heavy atom. The summed E-state index contributed by atoms with van der Waals surface area (Å²) in [6, 6.07) is 19.8. The molecular formula is C24H35ClN2. The number of anilines is 1. The molecule has 2 nitrogen and oxygen atoms in total. The van der Waals surface area contributed by atoms with Crippen LogP contribution in [0.2, 0.25) is 0 Å². The highest BCUT2D eigenvalue weighted by molar-refractivity contribution is 5.85. The number of rotatable bonds is 7. The fourth-order valence-corrected chi connectivity index (χ4v) is 4.31. The van der Waals surface area contributed by atoms with Gasteiger partial charge in [-0.05, 0) is 75.1 Å². The van der Waals surface area contributed by atoms with Gasteiger partial charge in [-0.2, -0.15) is 0 Å². The van der Waals surface area contributed by atoms with Crippen LogP contribution < -0.4 is 10.2 Å². The minimum absolute atomic E-state index is 0. The summed E-state index contributed by atoms with van der Waals surface area (Å²) in [5.74, 6) is 0.702. The summed E-state index contributed by atoms with van der Waals surface area (Å²) in [5, 5.41) is 3.87. The van der Waals surface area contributed by atoms with Crippen LogP contribution in [0.15, 0.2) is 54.6 Å². The van der Waals surface area contributed by atoms with Gasteiger partial charge in [0.2, 0.25) is 0 Å². The van der Waals surface area contributed by atoms with Crippen molar-refractivity contribution in [2.45, 2.75) is 56.9 Å². The summed E-state index contributed by atoms with van der Waals surface area (Å²) in [6.07, 6.45) is 7.49. The number of hydrogen-bond donors (Lipinski definition) is 1. The minimum atomic E-state index is 0. The number of para-hydroxylation sites is 1. The van der Waals surface area contributed by atoms with Crippen molar-refractivity contribution < 1.29 is 0 Å². The van der Waals surface area contributed by atoms with Crippen LogP contribution >= 0.6 is 12.4 Å². The molecule has 1 aliphatic rings. The molecule has 3 rings (SSSR count). The van der Waals surface area contributed by atoms with Gasteiger partial charge >= 0.3 is 0 Å². The number of hydrogen-bond acceptors (Lipinski definition) is 2. The molecular weight excluding hydrogens is 352 g/mol. The Kier molecular flexibility index (Phi) is 8.19. The third kappa shape index (κ3) is 5.99. The van der Waals surface area contributed by atoms with Crippen molar-refractivity contribution in [3.05, 3.63) is 65.7 Å². The van der Waals surface area contributed by atoms with Crippen molar-refractivity contribution in [1.82, 2.24) is 5.32 Å². The molecule has 1 aliphatic carbocycles. The van der Waals surface area contributed by atoms with Crippen LogP contribution in [-0.2, 0) is 6.42 Å². The molecule has 0 radical (unpaired) electrons. The van der Waals surface area contributed by atoms with E-state index in [0.29, 0.717) is 11.5 Å². The second kappa shape index (κ2) is 10.1. The average Bonchev–Trinajstić information content (AvgIpc) is 2.67. The lowest BCUT2D eigenvalue weighted by atomic mass is 9.74. The van der Waals surface area contributed by atoms with Crippen LogP contribution in [0.3, 0.4) is 0 Å². The van der Waals surface area contributed by atoms with E-state index >= 15 is 0 Å². The number of nitrogens with one attached hydrogen (secondary N) is 1. The number of benzene rings is 2. The predicted molar refractivity (Wildman–Crippen MR) is 120 cm³/mol. The molecule has 27 heavy (non-hydrogen) atoms. The molecule has 0 spiro atoms. The van der Waals surface area contributed by atoms with Crippen molar-refractivity contribution >= 4 is 18.1 Å². The maximum atomic E-state index is 3.87. The summed E-state index contributed by atoms with van der Waals surface area (Å²) in [5.41, 5.74) is 4.67. The Balaban J connectivity index is 0.00000261. The zero-order valence-electron chi connectivity index (χ0n) is 17.1. The molecule has 0 atom stereocenters. The van der Waals surface area contributed by atoms with Gasteiger partial charge in [0, 0.05) is 25.3 Å². The normalized spacial score (nSPS) is 22.1. The van der Waals surface area contributed by atoms with Crippen LogP contribution in [0.1, 0.15) is 56.1 Å². The zero-order valence-corrected chi connectivity index (χ0v) is 17.9. The Bertz CT molecular complexity index is 676. The van der Waals surface area contributed by atoms with Crippen molar-refractivity contribution in [3.63, 3.8) is 0 Å². The molecule has 2 aromatic rings. The van der Waals surface area contributed by atoms with E-state index < -0.39 is 0 Å². The molecule has 1 N–H and O–H groups in total. The fourth-order valence-electron chi connectivity index (χ4n) is 4.31. The maximum Gasteiger partial charge on any atom is 0.0396 e. The highest BCUT2D eigenvalue weighted by Crippen LogP contribution is 2.40. The summed E-state index contributed by atoms with van der Waals surface area (Å²) < 4.78 is 0. The summed E-state index contributed by atoms with van der Waals surface area (Å²) in [7, 11) is 4.31. The molecule has 0 aliphatic heterocycles. The van der Waals surface area contributed by atoms with Gasteiger partial charge in [-0.1, -0.05) is 48.5 Å². The van der Waals surface area contributed by atoms with Gasteiger partial charge in [0.05, 0.1) is 0 Å². The van der Waals surface area contributed by atoms with Gasteiger partial charge in [-0.3, -0.25) is 0 Å². The summed E-state index contributed by atoms with van der Waals surface area (Å²) in [4.78, 5) is 2.25. The quantitative estimate of drug-likeness (QED) is 0.603. The molecule has 0 aromatic heterocycles. The molecule has 1 fully saturated rings. The fraction of sp³-hybridized carbons (Fsp3) is 0.500. The van der Waals surface area contributed by atoms with E-state index in [2.05, 4.69) is 85.8 Å². The molecule has 0 unspecified atom stereocenters. The van der Waals surface area contributed by atoms with E-state index in [4.69, 9.17) is 0 Å². The highest BCUT2D eigenvalue weighted by atomic mass is 35.5. The van der Waals surface area contributed by atoms with E-state index in [9.17, 15) is 0 Å². The lowest BCUT2D eigenvalue weighted by Gasteiger charge is -2.39. The average molecular weight is 387 g/mol. The van der Waals surface area contributed by atoms with E-state index in [1.54, 1.807) is 0 Å². The SMILES string of the molecule is CN(C)c1ccccc1C1CCC(C)(NCCCc2ccccc2)CC1.Cl. The minimum Gasteiger partial charge on any atom is -0.377 e. The molecule has 0 amide bonds. The molecule has 0 bridgehead atoms.